The van der Waals surface area contributed by atoms with Gasteiger partial charge >= 0.3 is 0 Å². The quantitative estimate of drug-likeness (QED) is 0.378. The van der Waals surface area contributed by atoms with Gasteiger partial charge in [-0.05, 0) is 38.7 Å². The van der Waals surface area contributed by atoms with E-state index in [1.54, 1.807) is 21.3 Å². The van der Waals surface area contributed by atoms with Crippen LogP contribution in [0.5, 0.6) is 11.5 Å². The molecule has 0 spiro atoms. The zero-order valence-corrected chi connectivity index (χ0v) is 16.3. The van der Waals surface area contributed by atoms with Gasteiger partial charge in [0.05, 0.1) is 33.4 Å². The predicted molar refractivity (Wildman–Crippen MR) is 102 cm³/mol. The Labute approximate surface area is 151 Å². The molecule has 1 aromatic carbocycles. The van der Waals surface area contributed by atoms with Crippen molar-refractivity contribution in [3.05, 3.63) is 23.8 Å². The van der Waals surface area contributed by atoms with E-state index in [0.717, 1.165) is 29.6 Å². The zero-order valence-electron chi connectivity index (χ0n) is 16.3. The standard InChI is InChI=1S/C18H32N4O3/c1-7-19-18(20-10-11-23-4)21-13-15(22(2)3)14-8-9-16(24-5)17(12-14)25-6/h8-9,12,15H,7,10-11,13H2,1-6H3,(H2,19,20,21). The first-order chi connectivity index (χ1) is 12.1. The molecular weight excluding hydrogens is 320 g/mol. The van der Waals surface area contributed by atoms with E-state index in [0.29, 0.717) is 19.7 Å². The fraction of sp³-hybridized carbons (Fsp3) is 0.611. The van der Waals surface area contributed by atoms with Crippen LogP contribution in [-0.2, 0) is 4.74 Å². The van der Waals surface area contributed by atoms with E-state index in [9.17, 15) is 0 Å². The summed E-state index contributed by atoms with van der Waals surface area (Å²) in [7, 11) is 9.06. The number of benzene rings is 1. The minimum Gasteiger partial charge on any atom is -0.493 e. The molecule has 0 saturated carbocycles. The molecule has 1 unspecified atom stereocenters. The van der Waals surface area contributed by atoms with Gasteiger partial charge in [0.25, 0.3) is 0 Å². The van der Waals surface area contributed by atoms with Gasteiger partial charge in [-0.15, -0.1) is 0 Å². The molecule has 0 saturated heterocycles. The molecule has 0 aliphatic carbocycles. The summed E-state index contributed by atoms with van der Waals surface area (Å²) in [5.74, 6) is 2.23. The lowest BCUT2D eigenvalue weighted by Gasteiger charge is -2.24. The van der Waals surface area contributed by atoms with E-state index >= 15 is 0 Å². The molecule has 7 nitrogen and oxygen atoms in total. The van der Waals surface area contributed by atoms with Crippen molar-refractivity contribution in [3.63, 3.8) is 0 Å². The second kappa shape index (κ2) is 11.5. The minimum absolute atomic E-state index is 0.123. The van der Waals surface area contributed by atoms with Crippen molar-refractivity contribution in [1.82, 2.24) is 15.5 Å². The summed E-state index contributed by atoms with van der Waals surface area (Å²) in [4.78, 5) is 6.85. The molecule has 0 aromatic heterocycles. The first-order valence-corrected chi connectivity index (χ1v) is 8.46. The van der Waals surface area contributed by atoms with Crippen LogP contribution in [0.25, 0.3) is 0 Å². The Bertz CT molecular complexity index is 535. The lowest BCUT2D eigenvalue weighted by Crippen LogP contribution is -2.39. The smallest absolute Gasteiger partial charge is 0.191 e. The number of hydrogen-bond donors (Lipinski definition) is 2. The lowest BCUT2D eigenvalue weighted by molar-refractivity contribution is 0.203. The Morgan fingerprint density at radius 3 is 2.40 bits per heavy atom. The van der Waals surface area contributed by atoms with Crippen LogP contribution in [0.2, 0.25) is 0 Å². The monoisotopic (exact) mass is 352 g/mol. The molecule has 0 aliphatic heterocycles. The van der Waals surface area contributed by atoms with Crippen LogP contribution in [0.15, 0.2) is 23.2 Å². The maximum atomic E-state index is 5.42. The highest BCUT2D eigenvalue weighted by Gasteiger charge is 2.16. The zero-order chi connectivity index (χ0) is 18.7. The van der Waals surface area contributed by atoms with Crippen molar-refractivity contribution in [1.29, 1.82) is 0 Å². The topological polar surface area (TPSA) is 67.4 Å². The Balaban J connectivity index is 2.93. The highest BCUT2D eigenvalue weighted by atomic mass is 16.5. The Kier molecular flexibility index (Phi) is 9.72. The summed E-state index contributed by atoms with van der Waals surface area (Å²) in [6.45, 7) is 4.82. The fourth-order valence-corrected chi connectivity index (χ4v) is 2.42. The van der Waals surface area contributed by atoms with Crippen LogP contribution < -0.4 is 20.1 Å². The van der Waals surface area contributed by atoms with Crippen LogP contribution in [0.4, 0.5) is 0 Å². The Hall–Kier alpha value is -1.99. The van der Waals surface area contributed by atoms with Crippen molar-refractivity contribution >= 4 is 5.96 Å². The number of rotatable bonds is 10. The number of likely N-dealkylation sites (N-methyl/N-ethyl adjacent to an activating group) is 1. The maximum Gasteiger partial charge on any atom is 0.191 e. The molecule has 1 atom stereocenters. The van der Waals surface area contributed by atoms with Crippen LogP contribution in [-0.4, -0.2) is 72.5 Å². The number of hydrogen-bond acceptors (Lipinski definition) is 5. The van der Waals surface area contributed by atoms with E-state index in [1.165, 1.54) is 0 Å². The van der Waals surface area contributed by atoms with Gasteiger partial charge < -0.3 is 29.7 Å². The van der Waals surface area contributed by atoms with Crippen molar-refractivity contribution in [3.8, 4) is 11.5 Å². The molecule has 0 radical (unpaired) electrons. The molecule has 0 heterocycles. The van der Waals surface area contributed by atoms with Gasteiger partial charge in [0.15, 0.2) is 17.5 Å². The summed E-state index contributed by atoms with van der Waals surface area (Å²) in [5.41, 5.74) is 1.12. The highest BCUT2D eigenvalue weighted by Crippen LogP contribution is 2.31. The van der Waals surface area contributed by atoms with E-state index in [-0.39, 0.29) is 6.04 Å². The van der Waals surface area contributed by atoms with Gasteiger partial charge in [-0.3, -0.25) is 4.99 Å². The van der Waals surface area contributed by atoms with E-state index in [4.69, 9.17) is 19.2 Å². The van der Waals surface area contributed by atoms with E-state index in [1.807, 2.05) is 39.2 Å². The molecule has 2 N–H and O–H groups in total. The number of methoxy groups -OCH3 is 3. The molecule has 0 fully saturated rings. The van der Waals surface area contributed by atoms with Crippen LogP contribution in [0.3, 0.4) is 0 Å². The number of nitrogens with zero attached hydrogens (tertiary/aromatic N) is 2. The van der Waals surface area contributed by atoms with E-state index < -0.39 is 0 Å². The first-order valence-electron chi connectivity index (χ1n) is 8.46. The van der Waals surface area contributed by atoms with Crippen molar-refractivity contribution in [2.75, 3.05) is 61.7 Å². The van der Waals surface area contributed by atoms with Crippen LogP contribution in [0.1, 0.15) is 18.5 Å². The van der Waals surface area contributed by atoms with Gasteiger partial charge in [0.1, 0.15) is 0 Å². The highest BCUT2D eigenvalue weighted by molar-refractivity contribution is 5.79. The second-order valence-corrected chi connectivity index (χ2v) is 5.73. The third-order valence-corrected chi connectivity index (χ3v) is 3.78. The normalized spacial score (nSPS) is 12.8. The number of nitrogens with one attached hydrogen (secondary N) is 2. The van der Waals surface area contributed by atoms with Crippen LogP contribution >= 0.6 is 0 Å². The summed E-state index contributed by atoms with van der Waals surface area (Å²) in [6.07, 6.45) is 0. The number of ether oxygens (including phenoxy) is 3. The Morgan fingerprint density at radius 2 is 1.84 bits per heavy atom. The minimum atomic E-state index is 0.123. The van der Waals surface area contributed by atoms with Gasteiger partial charge in [-0.25, -0.2) is 0 Å². The molecule has 0 amide bonds. The molecule has 0 bridgehead atoms. The summed E-state index contributed by atoms with van der Waals surface area (Å²) < 4.78 is 15.8. The first kappa shape index (κ1) is 21.1. The van der Waals surface area contributed by atoms with Crippen molar-refractivity contribution < 1.29 is 14.2 Å². The molecule has 142 valence electrons. The summed E-state index contributed by atoms with van der Waals surface area (Å²) >= 11 is 0. The van der Waals surface area contributed by atoms with Crippen LogP contribution in [0, 0.1) is 0 Å². The number of guanidine groups is 1. The Morgan fingerprint density at radius 1 is 1.12 bits per heavy atom. The molecule has 25 heavy (non-hydrogen) atoms. The molecule has 1 rings (SSSR count). The molecule has 0 aliphatic rings. The van der Waals surface area contributed by atoms with Crippen molar-refractivity contribution in [2.45, 2.75) is 13.0 Å². The second-order valence-electron chi connectivity index (χ2n) is 5.73. The summed E-state index contributed by atoms with van der Waals surface area (Å²) in [6, 6.07) is 6.10. The third kappa shape index (κ3) is 6.80. The van der Waals surface area contributed by atoms with Gasteiger partial charge in [-0.2, -0.15) is 0 Å². The van der Waals surface area contributed by atoms with E-state index in [2.05, 4.69) is 15.5 Å². The average molecular weight is 352 g/mol. The van der Waals surface area contributed by atoms with Gasteiger partial charge in [0.2, 0.25) is 0 Å². The maximum absolute atomic E-state index is 5.42. The van der Waals surface area contributed by atoms with Gasteiger partial charge in [0, 0.05) is 20.2 Å². The third-order valence-electron chi connectivity index (χ3n) is 3.78. The predicted octanol–water partition coefficient (Wildman–Crippen LogP) is 1.51. The van der Waals surface area contributed by atoms with Gasteiger partial charge in [-0.1, -0.05) is 6.07 Å². The number of aliphatic imine (C=N–C) groups is 1. The molecule has 1 aromatic rings. The fourth-order valence-electron chi connectivity index (χ4n) is 2.42. The molecule has 7 heteroatoms. The lowest BCUT2D eigenvalue weighted by atomic mass is 10.1. The SMILES string of the molecule is CCNC(=NCC(c1ccc(OC)c(OC)c1)N(C)C)NCCOC. The summed E-state index contributed by atoms with van der Waals surface area (Å²) in [5, 5.41) is 6.51. The largest absolute Gasteiger partial charge is 0.493 e. The molecular formula is C18H32N4O3. The van der Waals surface area contributed by atoms with Crippen molar-refractivity contribution in [2.24, 2.45) is 4.99 Å². The average Bonchev–Trinajstić information content (AvgIpc) is 2.61.